The highest BCUT2D eigenvalue weighted by Gasteiger charge is 2.38. The molecule has 0 aromatic heterocycles. The van der Waals surface area contributed by atoms with Gasteiger partial charge in [0.25, 0.3) is 0 Å². The predicted molar refractivity (Wildman–Crippen MR) is 102 cm³/mol. The van der Waals surface area contributed by atoms with Crippen molar-refractivity contribution in [3.8, 4) is 0 Å². The first-order chi connectivity index (χ1) is 12.8. The number of likely N-dealkylation sites (N-methyl/N-ethyl adjacent to an activating group) is 1. The van der Waals surface area contributed by atoms with Crippen molar-refractivity contribution in [3.63, 3.8) is 0 Å². The van der Waals surface area contributed by atoms with E-state index in [-0.39, 0.29) is 30.3 Å². The Bertz CT molecular complexity index is 696. The summed E-state index contributed by atoms with van der Waals surface area (Å²) in [4.78, 5) is 32.5. The Kier molecular flexibility index (Phi) is 5.99. The standard InChI is InChI=1S/C20H29FN4O2/c1-22(2)20(27)24-10-15-8-9-17(13-24)25(11-15)19(26)14-23(3)12-16-6-4-5-7-18(16)21/h4-7,15,17H,8-14H2,1-3H3/t15-,17+/m1/s1. The van der Waals surface area contributed by atoms with Gasteiger partial charge >= 0.3 is 6.03 Å². The molecule has 1 aromatic carbocycles. The van der Waals surface area contributed by atoms with E-state index in [1.807, 2.05) is 21.7 Å². The molecule has 7 heteroatoms. The van der Waals surface area contributed by atoms with E-state index in [0.717, 1.165) is 12.8 Å². The van der Waals surface area contributed by atoms with Crippen molar-refractivity contribution >= 4 is 11.9 Å². The first-order valence-corrected chi connectivity index (χ1v) is 9.52. The predicted octanol–water partition coefficient (Wildman–Crippen LogP) is 1.86. The zero-order valence-corrected chi connectivity index (χ0v) is 16.4. The maximum atomic E-state index is 13.8. The van der Waals surface area contributed by atoms with E-state index in [1.54, 1.807) is 37.2 Å². The van der Waals surface area contributed by atoms with Gasteiger partial charge in [-0.1, -0.05) is 18.2 Å². The molecular weight excluding hydrogens is 347 g/mol. The molecule has 3 aliphatic rings. The Labute approximate surface area is 160 Å². The van der Waals surface area contributed by atoms with Gasteiger partial charge in [0.05, 0.1) is 6.54 Å². The molecule has 1 aromatic rings. The summed E-state index contributed by atoms with van der Waals surface area (Å²) in [5, 5.41) is 0. The number of urea groups is 1. The molecule has 148 valence electrons. The van der Waals surface area contributed by atoms with Crippen molar-refractivity contribution in [1.29, 1.82) is 0 Å². The summed E-state index contributed by atoms with van der Waals surface area (Å²) in [5.41, 5.74) is 0.591. The summed E-state index contributed by atoms with van der Waals surface area (Å²) < 4.78 is 13.8. The van der Waals surface area contributed by atoms with Crippen LogP contribution in [0.15, 0.2) is 24.3 Å². The molecule has 2 bridgehead atoms. The van der Waals surface area contributed by atoms with Gasteiger partial charge < -0.3 is 14.7 Å². The van der Waals surface area contributed by atoms with Crippen molar-refractivity contribution in [2.75, 3.05) is 47.3 Å². The summed E-state index contributed by atoms with van der Waals surface area (Å²) in [6, 6.07) is 6.74. The normalized spacial score (nSPS) is 22.1. The zero-order valence-electron chi connectivity index (χ0n) is 16.4. The molecule has 0 radical (unpaired) electrons. The summed E-state index contributed by atoms with van der Waals surface area (Å²) >= 11 is 0. The van der Waals surface area contributed by atoms with Gasteiger partial charge in [0.1, 0.15) is 5.82 Å². The lowest BCUT2D eigenvalue weighted by Crippen LogP contribution is -2.50. The number of nitrogens with zero attached hydrogens (tertiary/aromatic N) is 4. The summed E-state index contributed by atoms with van der Waals surface area (Å²) in [7, 11) is 5.35. The fourth-order valence-electron chi connectivity index (χ4n) is 4.12. The molecule has 3 saturated heterocycles. The molecule has 0 saturated carbocycles. The Morgan fingerprint density at radius 3 is 2.56 bits per heavy atom. The minimum atomic E-state index is -0.247. The number of carbonyl (C=O) groups is 2. The maximum Gasteiger partial charge on any atom is 0.319 e. The molecule has 3 fully saturated rings. The second kappa shape index (κ2) is 8.25. The molecule has 27 heavy (non-hydrogen) atoms. The third kappa shape index (κ3) is 4.58. The van der Waals surface area contributed by atoms with Crippen LogP contribution in [0, 0.1) is 11.7 Å². The van der Waals surface area contributed by atoms with Gasteiger partial charge in [0.2, 0.25) is 5.91 Å². The lowest BCUT2D eigenvalue weighted by atomic mass is 9.95. The second-order valence-corrected chi connectivity index (χ2v) is 7.99. The lowest BCUT2D eigenvalue weighted by Gasteiger charge is -2.37. The van der Waals surface area contributed by atoms with Crippen LogP contribution >= 0.6 is 0 Å². The van der Waals surface area contributed by atoms with E-state index in [0.29, 0.717) is 37.7 Å². The third-order valence-electron chi connectivity index (χ3n) is 5.49. The van der Waals surface area contributed by atoms with Crippen molar-refractivity contribution in [3.05, 3.63) is 35.6 Å². The fraction of sp³-hybridized carbons (Fsp3) is 0.600. The zero-order chi connectivity index (χ0) is 19.6. The van der Waals surface area contributed by atoms with Gasteiger partial charge in [-0.05, 0) is 31.9 Å². The highest BCUT2D eigenvalue weighted by molar-refractivity contribution is 5.79. The number of fused-ring (bicyclic) bond motifs is 4. The fourth-order valence-corrected chi connectivity index (χ4v) is 4.12. The molecule has 0 N–H and O–H groups in total. The molecular formula is C20H29FN4O2. The SMILES string of the molecule is CN(CC(=O)N1C[C@@H]2CC[C@H]1CN(C(=O)N(C)C)C2)Cc1ccccc1F. The average Bonchev–Trinajstić information content (AvgIpc) is 2.94. The minimum absolute atomic E-state index is 0.0119. The number of benzene rings is 1. The Balaban J connectivity index is 1.62. The van der Waals surface area contributed by atoms with Crippen LogP contribution in [0.4, 0.5) is 9.18 Å². The molecule has 0 spiro atoms. The number of hydrogen-bond donors (Lipinski definition) is 0. The lowest BCUT2D eigenvalue weighted by molar-refractivity contribution is -0.136. The largest absolute Gasteiger partial charge is 0.336 e. The second-order valence-electron chi connectivity index (χ2n) is 7.99. The van der Waals surface area contributed by atoms with E-state index < -0.39 is 0 Å². The Hall–Kier alpha value is -2.15. The molecule has 2 atom stereocenters. The molecule has 6 nitrogen and oxygen atoms in total. The van der Waals surface area contributed by atoms with Crippen molar-refractivity contribution in [2.24, 2.45) is 5.92 Å². The van der Waals surface area contributed by atoms with Crippen LogP contribution in [-0.2, 0) is 11.3 Å². The topological polar surface area (TPSA) is 47.1 Å². The molecule has 3 amide bonds. The number of piperidine rings is 1. The number of rotatable bonds is 4. The van der Waals surface area contributed by atoms with Crippen LogP contribution in [0.3, 0.4) is 0 Å². The molecule has 4 rings (SSSR count). The van der Waals surface area contributed by atoms with Crippen LogP contribution in [0.1, 0.15) is 18.4 Å². The number of carbonyl (C=O) groups excluding carboxylic acids is 2. The van der Waals surface area contributed by atoms with E-state index in [2.05, 4.69) is 0 Å². The maximum absolute atomic E-state index is 13.8. The third-order valence-corrected chi connectivity index (χ3v) is 5.49. The van der Waals surface area contributed by atoms with E-state index >= 15 is 0 Å². The van der Waals surface area contributed by atoms with Crippen LogP contribution in [0.2, 0.25) is 0 Å². The van der Waals surface area contributed by atoms with Crippen LogP contribution in [-0.4, -0.2) is 84.9 Å². The van der Waals surface area contributed by atoms with Gasteiger partial charge in [0.15, 0.2) is 0 Å². The summed E-state index contributed by atoms with van der Waals surface area (Å²) in [5.74, 6) is 0.139. The summed E-state index contributed by atoms with van der Waals surface area (Å²) in [6.45, 7) is 2.65. The van der Waals surface area contributed by atoms with Crippen LogP contribution in [0.5, 0.6) is 0 Å². The van der Waals surface area contributed by atoms with Crippen LogP contribution < -0.4 is 0 Å². The minimum Gasteiger partial charge on any atom is -0.336 e. The molecule has 0 aliphatic carbocycles. The van der Waals surface area contributed by atoms with Gasteiger partial charge in [-0.25, -0.2) is 9.18 Å². The van der Waals surface area contributed by atoms with Gasteiger partial charge in [0, 0.05) is 51.9 Å². The van der Waals surface area contributed by atoms with Gasteiger partial charge in [-0.2, -0.15) is 0 Å². The van der Waals surface area contributed by atoms with Gasteiger partial charge in [-0.15, -0.1) is 0 Å². The van der Waals surface area contributed by atoms with E-state index in [4.69, 9.17) is 0 Å². The van der Waals surface area contributed by atoms with Gasteiger partial charge in [-0.3, -0.25) is 9.69 Å². The van der Waals surface area contributed by atoms with Crippen molar-refractivity contribution < 1.29 is 14.0 Å². The average molecular weight is 376 g/mol. The monoisotopic (exact) mass is 376 g/mol. The van der Waals surface area contributed by atoms with Crippen molar-refractivity contribution in [1.82, 2.24) is 19.6 Å². The van der Waals surface area contributed by atoms with E-state index in [1.165, 1.54) is 6.07 Å². The molecule has 3 heterocycles. The highest BCUT2D eigenvalue weighted by Crippen LogP contribution is 2.28. The smallest absolute Gasteiger partial charge is 0.319 e. The number of amides is 3. The number of halogens is 1. The highest BCUT2D eigenvalue weighted by atomic mass is 19.1. The number of hydrogen-bond acceptors (Lipinski definition) is 3. The van der Waals surface area contributed by atoms with E-state index in [9.17, 15) is 14.0 Å². The van der Waals surface area contributed by atoms with Crippen LogP contribution in [0.25, 0.3) is 0 Å². The first kappa shape index (κ1) is 19.6. The molecule has 0 unspecified atom stereocenters. The molecule has 3 aliphatic heterocycles. The Morgan fingerprint density at radius 1 is 1.11 bits per heavy atom. The first-order valence-electron chi connectivity index (χ1n) is 9.52. The quantitative estimate of drug-likeness (QED) is 0.806. The van der Waals surface area contributed by atoms with Crippen molar-refractivity contribution in [2.45, 2.75) is 25.4 Å². The summed E-state index contributed by atoms with van der Waals surface area (Å²) in [6.07, 6.45) is 1.99. The Morgan fingerprint density at radius 2 is 1.85 bits per heavy atom.